The van der Waals surface area contributed by atoms with Crippen LogP contribution in [0.5, 0.6) is 5.75 Å². The highest BCUT2D eigenvalue weighted by atomic mass is 16.5. The molecule has 2 aliphatic rings. The Labute approximate surface area is 165 Å². The number of benzene rings is 3. The lowest BCUT2D eigenvalue weighted by molar-refractivity contribution is 0.0980. The number of hydrogen-bond donors (Lipinski definition) is 0. The molecule has 0 spiro atoms. The maximum atomic E-state index is 13.3. The molecule has 2 aliphatic heterocycles. The fraction of sp³-hybridized carbons (Fsp3) is 0.240. The van der Waals surface area contributed by atoms with Gasteiger partial charge in [-0.1, -0.05) is 61.5 Å². The van der Waals surface area contributed by atoms with Gasteiger partial charge in [-0.3, -0.25) is 4.79 Å². The second-order valence-corrected chi connectivity index (χ2v) is 7.79. The molecule has 1 amide bonds. The first-order valence-electron chi connectivity index (χ1n) is 9.83. The zero-order valence-electron chi connectivity index (χ0n) is 16.1. The third-order valence-electron chi connectivity index (χ3n) is 6.33. The fourth-order valence-electron chi connectivity index (χ4n) is 4.96. The van der Waals surface area contributed by atoms with E-state index in [4.69, 9.17) is 4.74 Å². The molecule has 5 rings (SSSR count). The summed E-state index contributed by atoms with van der Waals surface area (Å²) in [6.07, 6.45) is 0.960. The van der Waals surface area contributed by atoms with Gasteiger partial charge in [-0.15, -0.1) is 0 Å². The van der Waals surface area contributed by atoms with E-state index in [-0.39, 0.29) is 11.9 Å². The number of carbonyl (C=O) groups excluding carboxylic acids is 1. The fourth-order valence-corrected chi connectivity index (χ4v) is 4.96. The minimum absolute atomic E-state index is 0.0667. The van der Waals surface area contributed by atoms with Gasteiger partial charge in [0.15, 0.2) is 0 Å². The van der Waals surface area contributed by atoms with Crippen LogP contribution < -0.4 is 9.64 Å². The summed E-state index contributed by atoms with van der Waals surface area (Å²) in [5, 5.41) is 0. The van der Waals surface area contributed by atoms with Gasteiger partial charge in [-0.2, -0.15) is 0 Å². The van der Waals surface area contributed by atoms with Gasteiger partial charge in [0.25, 0.3) is 5.91 Å². The molecule has 3 nitrogen and oxygen atoms in total. The first-order valence-corrected chi connectivity index (χ1v) is 9.83. The van der Waals surface area contributed by atoms with Crippen LogP contribution in [0.1, 0.15) is 45.9 Å². The van der Waals surface area contributed by atoms with Crippen molar-refractivity contribution >= 4 is 11.6 Å². The molecule has 3 aromatic carbocycles. The van der Waals surface area contributed by atoms with Crippen molar-refractivity contribution in [3.8, 4) is 5.75 Å². The molecule has 3 atom stereocenters. The van der Waals surface area contributed by atoms with Crippen LogP contribution in [-0.4, -0.2) is 13.0 Å². The molecule has 28 heavy (non-hydrogen) atoms. The van der Waals surface area contributed by atoms with Gasteiger partial charge in [0, 0.05) is 11.6 Å². The zero-order valence-corrected chi connectivity index (χ0v) is 16.1. The molecule has 0 aromatic heterocycles. The van der Waals surface area contributed by atoms with Gasteiger partial charge in [0.2, 0.25) is 0 Å². The van der Waals surface area contributed by atoms with Crippen molar-refractivity contribution in [2.24, 2.45) is 5.92 Å². The molecule has 140 valence electrons. The van der Waals surface area contributed by atoms with Gasteiger partial charge in [-0.05, 0) is 47.1 Å². The van der Waals surface area contributed by atoms with E-state index in [0.29, 0.717) is 11.8 Å². The van der Waals surface area contributed by atoms with Crippen LogP contribution in [0.25, 0.3) is 0 Å². The second-order valence-electron chi connectivity index (χ2n) is 7.79. The van der Waals surface area contributed by atoms with E-state index in [1.807, 2.05) is 35.2 Å². The van der Waals surface area contributed by atoms with Crippen LogP contribution in [0, 0.1) is 5.92 Å². The van der Waals surface area contributed by atoms with Gasteiger partial charge in [0.05, 0.1) is 18.8 Å². The lowest BCUT2D eigenvalue weighted by Crippen LogP contribution is -2.39. The van der Waals surface area contributed by atoms with Gasteiger partial charge in [0.1, 0.15) is 5.75 Å². The number of rotatable bonds is 3. The van der Waals surface area contributed by atoms with Crippen molar-refractivity contribution in [2.45, 2.75) is 25.3 Å². The van der Waals surface area contributed by atoms with Gasteiger partial charge >= 0.3 is 0 Å². The Morgan fingerprint density at radius 1 is 0.929 bits per heavy atom. The van der Waals surface area contributed by atoms with Crippen LogP contribution >= 0.6 is 0 Å². The summed E-state index contributed by atoms with van der Waals surface area (Å²) in [5.74, 6) is 1.53. The van der Waals surface area contributed by atoms with Crippen LogP contribution in [0.15, 0.2) is 72.8 Å². The minimum Gasteiger partial charge on any atom is -0.497 e. The quantitative estimate of drug-likeness (QED) is 0.621. The standard InChI is InChI=1S/C25H23NO2/c1-16-22(14-17-8-4-3-5-9-17)19-13-12-18(28-2)15-23(19)26-24(16)20-10-6-7-11-21(20)25(26)27/h3-13,15-16,22,24H,14H2,1-2H3/t16-,22+,24+/m1/s1. The average molecular weight is 369 g/mol. The summed E-state index contributed by atoms with van der Waals surface area (Å²) in [5.41, 5.74) is 5.52. The van der Waals surface area contributed by atoms with E-state index in [2.05, 4.69) is 49.4 Å². The van der Waals surface area contributed by atoms with Crippen molar-refractivity contribution in [2.75, 3.05) is 12.0 Å². The molecule has 0 fully saturated rings. The van der Waals surface area contributed by atoms with Crippen LogP contribution in [0.4, 0.5) is 5.69 Å². The highest BCUT2D eigenvalue weighted by Gasteiger charge is 2.47. The number of nitrogens with zero attached hydrogens (tertiary/aromatic N) is 1. The summed E-state index contributed by atoms with van der Waals surface area (Å²) in [7, 11) is 1.67. The average Bonchev–Trinajstić information content (AvgIpc) is 3.05. The topological polar surface area (TPSA) is 29.5 Å². The number of hydrogen-bond acceptors (Lipinski definition) is 2. The van der Waals surface area contributed by atoms with Gasteiger partial charge in [-0.25, -0.2) is 0 Å². The van der Waals surface area contributed by atoms with Crippen LogP contribution in [0.2, 0.25) is 0 Å². The maximum Gasteiger partial charge on any atom is 0.259 e. The Hall–Kier alpha value is -3.07. The molecule has 3 aromatic rings. The van der Waals surface area contributed by atoms with Crippen molar-refractivity contribution < 1.29 is 9.53 Å². The van der Waals surface area contributed by atoms with E-state index in [9.17, 15) is 4.79 Å². The Morgan fingerprint density at radius 2 is 1.68 bits per heavy atom. The molecule has 2 heterocycles. The zero-order chi connectivity index (χ0) is 19.3. The van der Waals surface area contributed by atoms with E-state index in [1.54, 1.807) is 7.11 Å². The lowest BCUT2D eigenvalue weighted by Gasteiger charge is -2.42. The van der Waals surface area contributed by atoms with Crippen molar-refractivity contribution in [3.05, 3.63) is 95.1 Å². The predicted octanol–water partition coefficient (Wildman–Crippen LogP) is 5.37. The normalized spacial score (nSPS) is 22.4. The molecule has 3 heteroatoms. The van der Waals surface area contributed by atoms with Crippen LogP contribution in [-0.2, 0) is 6.42 Å². The molecule has 0 unspecified atom stereocenters. The maximum absolute atomic E-state index is 13.3. The van der Waals surface area contributed by atoms with E-state index < -0.39 is 0 Å². The lowest BCUT2D eigenvalue weighted by atomic mass is 9.73. The predicted molar refractivity (Wildman–Crippen MR) is 111 cm³/mol. The monoisotopic (exact) mass is 369 g/mol. The molecular formula is C25H23NO2. The van der Waals surface area contributed by atoms with Crippen LogP contribution in [0.3, 0.4) is 0 Å². The summed E-state index contributed by atoms with van der Waals surface area (Å²) in [4.78, 5) is 15.3. The Bertz CT molecular complexity index is 1040. The van der Waals surface area contributed by atoms with Crippen molar-refractivity contribution in [3.63, 3.8) is 0 Å². The Morgan fingerprint density at radius 3 is 2.46 bits per heavy atom. The highest BCUT2D eigenvalue weighted by Crippen LogP contribution is 2.54. The molecule has 0 N–H and O–H groups in total. The first kappa shape index (κ1) is 17.1. The Balaban J connectivity index is 1.68. The minimum atomic E-state index is 0.0667. The van der Waals surface area contributed by atoms with Gasteiger partial charge < -0.3 is 9.64 Å². The summed E-state index contributed by atoms with van der Waals surface area (Å²) in [6.45, 7) is 2.29. The van der Waals surface area contributed by atoms with Crippen molar-refractivity contribution in [1.82, 2.24) is 0 Å². The summed E-state index contributed by atoms with van der Waals surface area (Å²) >= 11 is 0. The summed E-state index contributed by atoms with van der Waals surface area (Å²) < 4.78 is 5.48. The van der Waals surface area contributed by atoms with E-state index in [1.165, 1.54) is 11.1 Å². The number of fused-ring (bicyclic) bond motifs is 5. The largest absolute Gasteiger partial charge is 0.497 e. The smallest absolute Gasteiger partial charge is 0.259 e. The van der Waals surface area contributed by atoms with Crippen molar-refractivity contribution in [1.29, 1.82) is 0 Å². The SMILES string of the molecule is COc1ccc2c(c1)N1C(=O)c3ccccc3[C@@H]1[C@H](C)[C@@H]2Cc1ccccc1. The summed E-state index contributed by atoms with van der Waals surface area (Å²) in [6, 6.07) is 24.9. The highest BCUT2D eigenvalue weighted by molar-refractivity contribution is 6.12. The third-order valence-corrected chi connectivity index (χ3v) is 6.33. The molecule has 0 saturated heterocycles. The molecule has 0 radical (unpaired) electrons. The molecule has 0 bridgehead atoms. The number of carbonyl (C=O) groups is 1. The molecule has 0 saturated carbocycles. The van der Waals surface area contributed by atoms with E-state index >= 15 is 0 Å². The second kappa shape index (κ2) is 6.52. The number of ether oxygens (including phenoxy) is 1. The third kappa shape index (κ3) is 2.46. The molecule has 0 aliphatic carbocycles. The first-order chi connectivity index (χ1) is 13.7. The number of anilines is 1. The van der Waals surface area contributed by atoms with E-state index in [0.717, 1.165) is 29.0 Å². The Kier molecular flexibility index (Phi) is 3.97. The molecular weight excluding hydrogens is 346 g/mol. The number of methoxy groups -OCH3 is 1. The number of amides is 1.